The summed E-state index contributed by atoms with van der Waals surface area (Å²) in [7, 11) is 0. The van der Waals surface area contributed by atoms with E-state index in [0.717, 1.165) is 4.68 Å². The lowest BCUT2D eigenvalue weighted by atomic mass is 10.1. The molecular weight excluding hydrogens is 268 g/mol. The zero-order valence-electron chi connectivity index (χ0n) is 9.85. The average molecular weight is 276 g/mol. The maximum absolute atomic E-state index is 11.2. The van der Waals surface area contributed by atoms with Gasteiger partial charge in [0.1, 0.15) is 5.56 Å². The Hall–Kier alpha value is -3.16. The summed E-state index contributed by atoms with van der Waals surface area (Å²) < 4.78 is 0.787. The molecule has 1 aromatic carbocycles. The molecule has 1 aromatic heterocycles. The van der Waals surface area contributed by atoms with Crippen molar-refractivity contribution in [2.75, 3.05) is 0 Å². The fourth-order valence-electron chi connectivity index (χ4n) is 1.72. The summed E-state index contributed by atoms with van der Waals surface area (Å²) in [6.07, 6.45) is 0. The van der Waals surface area contributed by atoms with Gasteiger partial charge in [-0.25, -0.2) is 19.1 Å². The fourth-order valence-corrected chi connectivity index (χ4v) is 1.72. The van der Waals surface area contributed by atoms with Crippen LogP contribution < -0.4 is 0 Å². The Labute approximate surface area is 111 Å². The number of benzene rings is 1. The molecule has 0 atom stereocenters. The van der Waals surface area contributed by atoms with Gasteiger partial charge in [0.15, 0.2) is 11.4 Å². The fraction of sp³-hybridized carbons (Fsp3) is 0. The first-order valence-corrected chi connectivity index (χ1v) is 5.31. The third-order valence-electron chi connectivity index (χ3n) is 2.51. The molecule has 0 saturated heterocycles. The smallest absolute Gasteiger partial charge is 0.357 e. The monoisotopic (exact) mass is 276 g/mol. The van der Waals surface area contributed by atoms with E-state index < -0.39 is 34.9 Å². The van der Waals surface area contributed by atoms with Crippen LogP contribution in [0.2, 0.25) is 0 Å². The third kappa shape index (κ3) is 2.09. The predicted octanol–water partition coefficient (Wildman–Crippen LogP) is 0.967. The summed E-state index contributed by atoms with van der Waals surface area (Å²) in [5, 5.41) is 30.7. The lowest BCUT2D eigenvalue weighted by Gasteiger charge is -2.03. The number of carboxylic acid groups (broad SMARTS) is 3. The van der Waals surface area contributed by atoms with Crippen molar-refractivity contribution in [3.05, 3.63) is 47.3 Å². The molecule has 0 fully saturated rings. The molecule has 1 heterocycles. The first-order chi connectivity index (χ1) is 9.43. The number of carbonyl (C=O) groups is 3. The molecule has 8 nitrogen and oxygen atoms in total. The normalized spacial score (nSPS) is 10.2. The van der Waals surface area contributed by atoms with Gasteiger partial charge >= 0.3 is 17.9 Å². The Morgan fingerprint density at radius 3 is 1.95 bits per heavy atom. The molecule has 0 saturated carbocycles. The minimum Gasteiger partial charge on any atom is -0.478 e. The van der Waals surface area contributed by atoms with Crippen molar-refractivity contribution in [1.82, 2.24) is 9.78 Å². The summed E-state index contributed by atoms with van der Waals surface area (Å²) in [6, 6.07) is 7.81. The van der Waals surface area contributed by atoms with E-state index in [1.807, 2.05) is 0 Å². The second kappa shape index (κ2) is 4.84. The van der Waals surface area contributed by atoms with Crippen LogP contribution in [-0.2, 0) is 0 Å². The zero-order valence-corrected chi connectivity index (χ0v) is 9.85. The lowest BCUT2D eigenvalue weighted by molar-refractivity contribution is 0.0632. The van der Waals surface area contributed by atoms with Crippen molar-refractivity contribution in [2.45, 2.75) is 0 Å². The van der Waals surface area contributed by atoms with Gasteiger partial charge in [0, 0.05) is 0 Å². The Balaban J connectivity index is 2.82. The van der Waals surface area contributed by atoms with Crippen LogP contribution >= 0.6 is 0 Å². The average Bonchev–Trinajstić information content (AvgIpc) is 2.80. The van der Waals surface area contributed by atoms with Gasteiger partial charge in [0.25, 0.3) is 0 Å². The number of aromatic carboxylic acids is 3. The second-order valence-electron chi connectivity index (χ2n) is 3.74. The van der Waals surface area contributed by atoms with Crippen molar-refractivity contribution in [3.8, 4) is 5.69 Å². The van der Waals surface area contributed by atoms with Crippen LogP contribution in [0.4, 0.5) is 0 Å². The summed E-state index contributed by atoms with van der Waals surface area (Å²) in [5.41, 5.74) is -2.13. The molecule has 0 unspecified atom stereocenters. The Morgan fingerprint density at radius 1 is 0.900 bits per heavy atom. The standard InChI is InChI=1S/C12H8N2O6/c15-10(16)7-8(11(17)18)13-14(9(7)12(19)20)6-4-2-1-3-5-6/h1-5H,(H,15,16)(H,17,18)(H,19,20). The molecule has 3 N–H and O–H groups in total. The number of rotatable bonds is 4. The molecule has 102 valence electrons. The highest BCUT2D eigenvalue weighted by atomic mass is 16.4. The molecule has 0 bridgehead atoms. The molecule has 8 heteroatoms. The van der Waals surface area contributed by atoms with Gasteiger partial charge in [-0.05, 0) is 12.1 Å². The molecule has 0 aliphatic heterocycles. The number of nitrogens with zero attached hydrogens (tertiary/aromatic N) is 2. The number of para-hydroxylation sites is 1. The SMILES string of the molecule is O=C(O)c1nn(-c2ccccc2)c(C(=O)O)c1C(=O)O. The van der Waals surface area contributed by atoms with Gasteiger partial charge in [0.2, 0.25) is 0 Å². The molecular formula is C12H8N2O6. The summed E-state index contributed by atoms with van der Waals surface area (Å²) in [6.45, 7) is 0. The van der Waals surface area contributed by atoms with Crippen LogP contribution in [0.3, 0.4) is 0 Å². The van der Waals surface area contributed by atoms with E-state index in [1.54, 1.807) is 18.2 Å². The minimum absolute atomic E-state index is 0.250. The number of hydrogen-bond acceptors (Lipinski definition) is 4. The van der Waals surface area contributed by atoms with Gasteiger partial charge in [-0.2, -0.15) is 5.10 Å². The molecule has 2 aromatic rings. The maximum atomic E-state index is 11.2. The van der Waals surface area contributed by atoms with Crippen LogP contribution in [0.1, 0.15) is 31.3 Å². The number of hydrogen-bond donors (Lipinski definition) is 3. The van der Waals surface area contributed by atoms with Gasteiger partial charge < -0.3 is 15.3 Å². The third-order valence-corrected chi connectivity index (χ3v) is 2.51. The van der Waals surface area contributed by atoms with Gasteiger partial charge in [-0.1, -0.05) is 18.2 Å². The predicted molar refractivity (Wildman–Crippen MR) is 64.4 cm³/mol. The highest BCUT2D eigenvalue weighted by Crippen LogP contribution is 2.19. The van der Waals surface area contributed by atoms with Crippen molar-refractivity contribution < 1.29 is 29.7 Å². The molecule has 20 heavy (non-hydrogen) atoms. The van der Waals surface area contributed by atoms with Crippen molar-refractivity contribution in [2.24, 2.45) is 0 Å². The molecule has 2 rings (SSSR count). The van der Waals surface area contributed by atoms with Crippen LogP contribution in [0.15, 0.2) is 30.3 Å². The molecule has 0 radical (unpaired) electrons. The van der Waals surface area contributed by atoms with Gasteiger partial charge in [-0.3, -0.25) is 0 Å². The zero-order chi connectivity index (χ0) is 14.9. The molecule has 0 aliphatic rings. The first kappa shape index (κ1) is 13.3. The van der Waals surface area contributed by atoms with E-state index in [0.29, 0.717) is 0 Å². The van der Waals surface area contributed by atoms with E-state index >= 15 is 0 Å². The van der Waals surface area contributed by atoms with Crippen molar-refractivity contribution in [3.63, 3.8) is 0 Å². The van der Waals surface area contributed by atoms with E-state index in [-0.39, 0.29) is 5.69 Å². The van der Waals surface area contributed by atoms with E-state index in [1.165, 1.54) is 12.1 Å². The molecule has 0 amide bonds. The lowest BCUT2D eigenvalue weighted by Crippen LogP contribution is -2.13. The van der Waals surface area contributed by atoms with E-state index in [2.05, 4.69) is 5.10 Å². The van der Waals surface area contributed by atoms with Gasteiger partial charge in [0.05, 0.1) is 5.69 Å². The molecule has 0 aliphatic carbocycles. The second-order valence-corrected chi connectivity index (χ2v) is 3.74. The minimum atomic E-state index is -1.66. The highest BCUT2D eigenvalue weighted by Gasteiger charge is 2.31. The Kier molecular flexibility index (Phi) is 3.21. The summed E-state index contributed by atoms with van der Waals surface area (Å²) in [4.78, 5) is 33.4. The Bertz CT molecular complexity index is 704. The highest BCUT2D eigenvalue weighted by molar-refractivity contribution is 6.07. The Morgan fingerprint density at radius 2 is 1.50 bits per heavy atom. The number of aromatic nitrogens is 2. The largest absolute Gasteiger partial charge is 0.478 e. The summed E-state index contributed by atoms with van der Waals surface area (Å²) in [5.74, 6) is -4.85. The molecule has 0 spiro atoms. The van der Waals surface area contributed by atoms with Crippen LogP contribution in [0, 0.1) is 0 Å². The first-order valence-electron chi connectivity index (χ1n) is 5.31. The van der Waals surface area contributed by atoms with Gasteiger partial charge in [-0.15, -0.1) is 0 Å². The van der Waals surface area contributed by atoms with Crippen LogP contribution in [-0.4, -0.2) is 43.0 Å². The van der Waals surface area contributed by atoms with Crippen molar-refractivity contribution >= 4 is 17.9 Å². The summed E-state index contributed by atoms with van der Waals surface area (Å²) >= 11 is 0. The number of carboxylic acids is 3. The van der Waals surface area contributed by atoms with Crippen molar-refractivity contribution in [1.29, 1.82) is 0 Å². The van der Waals surface area contributed by atoms with Crippen LogP contribution in [0.5, 0.6) is 0 Å². The van der Waals surface area contributed by atoms with Crippen LogP contribution in [0.25, 0.3) is 5.69 Å². The maximum Gasteiger partial charge on any atom is 0.357 e. The quantitative estimate of drug-likeness (QED) is 0.758. The van der Waals surface area contributed by atoms with E-state index in [4.69, 9.17) is 15.3 Å². The topological polar surface area (TPSA) is 130 Å². The van der Waals surface area contributed by atoms with E-state index in [9.17, 15) is 14.4 Å².